The Labute approximate surface area is 503 Å². The largest absolute Gasteiger partial charge is 0.462 e. The van der Waals surface area contributed by atoms with Crippen LogP contribution in [-0.2, 0) is 28.6 Å². The van der Waals surface area contributed by atoms with Gasteiger partial charge in [-0.15, -0.1) is 0 Å². The first-order valence-electron chi connectivity index (χ1n) is 35.1. The molecule has 6 heteroatoms. The number of carbonyl (C=O) groups is 3. The van der Waals surface area contributed by atoms with E-state index in [1.165, 1.54) is 212 Å². The van der Waals surface area contributed by atoms with Crippen molar-refractivity contribution in [1.29, 1.82) is 0 Å². The van der Waals surface area contributed by atoms with Gasteiger partial charge in [0.1, 0.15) is 13.2 Å². The van der Waals surface area contributed by atoms with Crippen LogP contribution < -0.4 is 0 Å². The highest BCUT2D eigenvalue weighted by molar-refractivity contribution is 5.71. The standard InChI is InChI=1S/C75H132O6/c1-4-7-10-13-16-19-22-25-28-30-32-34-35-36-37-38-39-41-42-44-47-50-53-56-59-62-65-68-74(77)80-71-72(70-79-73(76)67-64-61-58-55-52-49-46-27-24-21-18-15-12-9-6-3)81-75(78)69-66-63-60-57-54-51-48-45-43-40-33-31-29-26-23-20-17-14-11-8-5-2/h8,11,17,20,22,25-26,29-30,32-33,35-36,40,72H,4-7,9-10,12-16,18-19,21,23-24,27-28,31,34,37-39,41-71H2,1-3H3/b11-8-,20-17-,25-22-,29-26-,32-30-,36-35-,40-33-. The van der Waals surface area contributed by atoms with Gasteiger partial charge in [-0.3, -0.25) is 14.4 Å². The molecule has 0 bridgehead atoms. The summed E-state index contributed by atoms with van der Waals surface area (Å²) in [6, 6.07) is 0. The maximum absolute atomic E-state index is 13.0. The lowest BCUT2D eigenvalue weighted by atomic mass is 10.0. The molecular weight excluding hydrogens is 997 g/mol. The van der Waals surface area contributed by atoms with Gasteiger partial charge < -0.3 is 14.2 Å². The Balaban J connectivity index is 4.32. The molecule has 1 unspecified atom stereocenters. The number of ether oxygens (including phenoxy) is 3. The van der Waals surface area contributed by atoms with E-state index in [4.69, 9.17) is 14.2 Å². The Bertz CT molecular complexity index is 1530. The third kappa shape index (κ3) is 67.3. The highest BCUT2D eigenvalue weighted by atomic mass is 16.6. The van der Waals surface area contributed by atoms with Crippen LogP contribution in [0.3, 0.4) is 0 Å². The lowest BCUT2D eigenvalue weighted by Gasteiger charge is -2.18. The average molecular weight is 1130 g/mol. The van der Waals surface area contributed by atoms with E-state index in [-0.39, 0.29) is 31.1 Å². The molecule has 0 radical (unpaired) electrons. The molecule has 0 aliphatic heterocycles. The molecule has 0 heterocycles. The van der Waals surface area contributed by atoms with Crippen LogP contribution in [0.15, 0.2) is 85.1 Å². The minimum atomic E-state index is -0.782. The number of rotatable bonds is 64. The van der Waals surface area contributed by atoms with Crippen LogP contribution >= 0.6 is 0 Å². The predicted molar refractivity (Wildman–Crippen MR) is 353 cm³/mol. The molecule has 0 saturated carbocycles. The Morgan fingerprint density at radius 1 is 0.259 bits per heavy atom. The molecule has 1 atom stereocenters. The summed E-state index contributed by atoms with van der Waals surface area (Å²) in [5, 5.41) is 0. The van der Waals surface area contributed by atoms with Gasteiger partial charge in [0.2, 0.25) is 0 Å². The first-order valence-corrected chi connectivity index (χ1v) is 35.1. The van der Waals surface area contributed by atoms with Gasteiger partial charge in [-0.2, -0.15) is 0 Å². The summed E-state index contributed by atoms with van der Waals surface area (Å²) in [7, 11) is 0. The zero-order valence-corrected chi connectivity index (χ0v) is 53.8. The summed E-state index contributed by atoms with van der Waals surface area (Å²) in [5.41, 5.74) is 0. The Morgan fingerprint density at radius 3 is 0.753 bits per heavy atom. The molecule has 0 aromatic carbocycles. The van der Waals surface area contributed by atoms with Crippen molar-refractivity contribution in [3.8, 4) is 0 Å². The van der Waals surface area contributed by atoms with E-state index in [0.717, 1.165) is 103 Å². The Morgan fingerprint density at radius 2 is 0.481 bits per heavy atom. The summed E-state index contributed by atoms with van der Waals surface area (Å²) < 4.78 is 17.0. The van der Waals surface area contributed by atoms with Gasteiger partial charge in [-0.05, 0) is 96.3 Å². The van der Waals surface area contributed by atoms with Gasteiger partial charge in [0.05, 0.1) is 0 Å². The van der Waals surface area contributed by atoms with E-state index in [0.29, 0.717) is 19.3 Å². The second-order valence-electron chi connectivity index (χ2n) is 23.4. The topological polar surface area (TPSA) is 78.9 Å². The van der Waals surface area contributed by atoms with E-state index in [1.807, 2.05) is 0 Å². The SMILES string of the molecule is CC/C=C\C/C=C\C/C=C\C/C=C\CCCCCCCCCCC(=O)OC(COC(=O)CCCCCCCCCCCCCC/C=C\C/C=C\C/C=C\CCCCCCC)COC(=O)CCCCCCCCCCCCCCCCC. The number of carbonyl (C=O) groups excluding carboxylic acids is 3. The Kier molecular flexibility index (Phi) is 66.2. The lowest BCUT2D eigenvalue weighted by molar-refractivity contribution is -0.167. The smallest absolute Gasteiger partial charge is 0.306 e. The minimum Gasteiger partial charge on any atom is -0.462 e. The zero-order valence-electron chi connectivity index (χ0n) is 53.8. The monoisotopic (exact) mass is 1130 g/mol. The van der Waals surface area contributed by atoms with Crippen LogP contribution in [0.5, 0.6) is 0 Å². The summed E-state index contributed by atoms with van der Waals surface area (Å²) in [5.74, 6) is -0.867. The molecule has 0 aromatic heterocycles. The van der Waals surface area contributed by atoms with Crippen molar-refractivity contribution in [3.05, 3.63) is 85.1 Å². The van der Waals surface area contributed by atoms with Crippen molar-refractivity contribution in [2.75, 3.05) is 13.2 Å². The normalized spacial score (nSPS) is 12.6. The molecule has 0 N–H and O–H groups in total. The Hall–Kier alpha value is -3.41. The molecular formula is C75H132O6. The number of unbranched alkanes of at least 4 members (excludes halogenated alkanes) is 39. The lowest BCUT2D eigenvalue weighted by Crippen LogP contribution is -2.30. The van der Waals surface area contributed by atoms with Gasteiger partial charge in [0.25, 0.3) is 0 Å². The van der Waals surface area contributed by atoms with Gasteiger partial charge in [-0.1, -0.05) is 324 Å². The summed E-state index contributed by atoms with van der Waals surface area (Å²) in [6.45, 7) is 6.56. The van der Waals surface area contributed by atoms with E-state index in [9.17, 15) is 14.4 Å². The highest BCUT2D eigenvalue weighted by Crippen LogP contribution is 2.17. The third-order valence-electron chi connectivity index (χ3n) is 15.4. The summed E-state index contributed by atoms with van der Waals surface area (Å²) in [6.07, 6.45) is 91.7. The molecule has 0 aromatic rings. The summed E-state index contributed by atoms with van der Waals surface area (Å²) in [4.78, 5) is 38.5. The molecule has 0 aliphatic rings. The van der Waals surface area contributed by atoms with Gasteiger partial charge in [0, 0.05) is 19.3 Å². The van der Waals surface area contributed by atoms with Crippen LogP contribution in [0.4, 0.5) is 0 Å². The van der Waals surface area contributed by atoms with Crippen molar-refractivity contribution in [3.63, 3.8) is 0 Å². The van der Waals surface area contributed by atoms with Crippen LogP contribution in [-0.4, -0.2) is 37.2 Å². The molecule has 0 saturated heterocycles. The minimum absolute atomic E-state index is 0.0766. The number of hydrogen-bond acceptors (Lipinski definition) is 6. The second kappa shape index (κ2) is 69.1. The average Bonchev–Trinajstić information content (AvgIpc) is 3.47. The fourth-order valence-electron chi connectivity index (χ4n) is 10.2. The second-order valence-corrected chi connectivity index (χ2v) is 23.4. The first kappa shape index (κ1) is 77.6. The van der Waals surface area contributed by atoms with E-state index in [2.05, 4.69) is 106 Å². The van der Waals surface area contributed by atoms with Crippen LogP contribution in [0.25, 0.3) is 0 Å². The number of allylic oxidation sites excluding steroid dienone is 14. The molecule has 81 heavy (non-hydrogen) atoms. The predicted octanol–water partition coefficient (Wildman–Crippen LogP) is 24.2. The zero-order chi connectivity index (χ0) is 58.5. The molecule has 6 nitrogen and oxygen atoms in total. The highest BCUT2D eigenvalue weighted by Gasteiger charge is 2.19. The molecule has 0 aliphatic carbocycles. The fraction of sp³-hybridized carbons (Fsp3) is 0.773. The third-order valence-corrected chi connectivity index (χ3v) is 15.4. The maximum atomic E-state index is 13.0. The number of esters is 3. The molecule has 0 fully saturated rings. The molecule has 0 amide bonds. The van der Waals surface area contributed by atoms with Crippen molar-refractivity contribution in [2.45, 2.75) is 361 Å². The van der Waals surface area contributed by atoms with Crippen molar-refractivity contribution in [2.24, 2.45) is 0 Å². The van der Waals surface area contributed by atoms with Crippen molar-refractivity contribution >= 4 is 17.9 Å². The van der Waals surface area contributed by atoms with Gasteiger partial charge in [0.15, 0.2) is 6.10 Å². The van der Waals surface area contributed by atoms with E-state index < -0.39 is 6.10 Å². The van der Waals surface area contributed by atoms with Crippen molar-refractivity contribution < 1.29 is 28.6 Å². The van der Waals surface area contributed by atoms with E-state index >= 15 is 0 Å². The fourth-order valence-corrected chi connectivity index (χ4v) is 10.2. The maximum Gasteiger partial charge on any atom is 0.306 e. The van der Waals surface area contributed by atoms with E-state index in [1.54, 1.807) is 0 Å². The van der Waals surface area contributed by atoms with Crippen LogP contribution in [0.2, 0.25) is 0 Å². The van der Waals surface area contributed by atoms with Crippen LogP contribution in [0, 0.1) is 0 Å². The van der Waals surface area contributed by atoms with Crippen LogP contribution in [0.1, 0.15) is 355 Å². The first-order chi connectivity index (χ1) is 40.0. The number of hydrogen-bond donors (Lipinski definition) is 0. The summed E-state index contributed by atoms with van der Waals surface area (Å²) >= 11 is 0. The molecule has 468 valence electrons. The van der Waals surface area contributed by atoms with Crippen molar-refractivity contribution in [1.82, 2.24) is 0 Å². The quantitative estimate of drug-likeness (QED) is 0.0261. The van der Waals surface area contributed by atoms with Gasteiger partial charge in [-0.25, -0.2) is 0 Å². The molecule has 0 rings (SSSR count). The van der Waals surface area contributed by atoms with Gasteiger partial charge >= 0.3 is 17.9 Å². The molecule has 0 spiro atoms.